The molecule has 0 saturated carbocycles. The molecule has 4 nitrogen and oxygen atoms in total. The van der Waals surface area contributed by atoms with Gasteiger partial charge in [0.25, 0.3) is 10.0 Å². The van der Waals surface area contributed by atoms with E-state index < -0.39 is 10.0 Å². The van der Waals surface area contributed by atoms with Crippen LogP contribution in [-0.2, 0) is 16.4 Å². The Morgan fingerprint density at radius 2 is 1.89 bits per heavy atom. The molecule has 0 fully saturated rings. The lowest BCUT2D eigenvalue weighted by Gasteiger charge is -2.09. The van der Waals surface area contributed by atoms with Crippen molar-refractivity contribution in [2.75, 3.05) is 0 Å². The van der Waals surface area contributed by atoms with Gasteiger partial charge in [-0.15, -0.1) is 0 Å². The molecule has 1 heterocycles. The molecule has 2 rings (SSSR count). The molecule has 0 aliphatic carbocycles. The minimum atomic E-state index is -3.59. The fourth-order valence-electron chi connectivity index (χ4n) is 1.81. The number of aromatic nitrogens is 2. The number of halogens is 1. The van der Waals surface area contributed by atoms with E-state index >= 15 is 0 Å². The summed E-state index contributed by atoms with van der Waals surface area (Å²) < 4.78 is 27.1. The van der Waals surface area contributed by atoms with Crippen molar-refractivity contribution in [1.82, 2.24) is 9.19 Å². The number of hydrogen-bond donors (Lipinski definition) is 0. The van der Waals surface area contributed by atoms with Crippen LogP contribution in [0, 0.1) is 10.5 Å². The summed E-state index contributed by atoms with van der Waals surface area (Å²) in [4.78, 5) is 0.273. The Labute approximate surface area is 127 Å². The number of aryl methyl sites for hydroxylation is 1. The van der Waals surface area contributed by atoms with E-state index in [4.69, 9.17) is 0 Å². The van der Waals surface area contributed by atoms with Gasteiger partial charge in [-0.3, -0.25) is 0 Å². The normalized spacial score (nSPS) is 11.7. The number of hydrogen-bond acceptors (Lipinski definition) is 3. The highest BCUT2D eigenvalue weighted by Gasteiger charge is 2.22. The maximum Gasteiger partial charge on any atom is 0.283 e. The average Bonchev–Trinajstić information content (AvgIpc) is 2.73. The van der Waals surface area contributed by atoms with Gasteiger partial charge < -0.3 is 0 Å². The largest absolute Gasteiger partial charge is 0.283 e. The van der Waals surface area contributed by atoms with E-state index in [1.807, 2.05) is 13.8 Å². The van der Waals surface area contributed by atoms with Gasteiger partial charge in [0, 0.05) is 0 Å². The minimum Gasteiger partial charge on any atom is -0.199 e. The summed E-state index contributed by atoms with van der Waals surface area (Å²) in [6.07, 6.45) is 3.17. The van der Waals surface area contributed by atoms with E-state index in [0.29, 0.717) is 6.42 Å². The first-order valence-corrected chi connectivity index (χ1v) is 8.53. The average molecular weight is 390 g/mol. The van der Waals surface area contributed by atoms with Crippen LogP contribution in [0.3, 0.4) is 0 Å². The Morgan fingerprint density at radius 1 is 1.26 bits per heavy atom. The predicted octanol–water partition coefficient (Wildman–Crippen LogP) is 2.99. The zero-order chi connectivity index (χ0) is 14.0. The lowest BCUT2D eigenvalue weighted by molar-refractivity contribution is 0.576. The van der Waals surface area contributed by atoms with E-state index in [2.05, 4.69) is 27.7 Å². The summed E-state index contributed by atoms with van der Waals surface area (Å²) in [5.74, 6) is 0. The smallest absolute Gasteiger partial charge is 0.199 e. The summed E-state index contributed by atoms with van der Waals surface area (Å²) in [6, 6.07) is 6.82. The summed E-state index contributed by atoms with van der Waals surface area (Å²) in [5.41, 5.74) is 1.78. The molecule has 0 bridgehead atoms. The Hall–Kier alpha value is -0.890. The van der Waals surface area contributed by atoms with Crippen LogP contribution in [0.4, 0.5) is 0 Å². The van der Waals surface area contributed by atoms with Gasteiger partial charge in [-0.2, -0.15) is 17.6 Å². The van der Waals surface area contributed by atoms with Gasteiger partial charge in [-0.25, -0.2) is 0 Å². The minimum absolute atomic E-state index is 0.273. The van der Waals surface area contributed by atoms with Crippen LogP contribution in [0.15, 0.2) is 35.4 Å². The molecule has 19 heavy (non-hydrogen) atoms. The summed E-state index contributed by atoms with van der Waals surface area (Å²) >= 11 is 2.12. The second-order valence-corrected chi connectivity index (χ2v) is 7.28. The molecule has 6 heteroatoms. The molecule has 0 atom stereocenters. The molecule has 1 aromatic carbocycles. The van der Waals surface area contributed by atoms with Crippen molar-refractivity contribution in [3.63, 3.8) is 0 Å². The fraction of sp³-hybridized carbons (Fsp3) is 0.308. The van der Waals surface area contributed by atoms with Gasteiger partial charge in [0.1, 0.15) is 0 Å². The van der Waals surface area contributed by atoms with E-state index in [1.165, 1.54) is 0 Å². The van der Waals surface area contributed by atoms with Crippen molar-refractivity contribution in [3.05, 3.63) is 45.3 Å². The molecule has 0 N–H and O–H groups in total. The number of benzene rings is 1. The third kappa shape index (κ3) is 2.84. The molecule has 0 unspecified atom stereocenters. The molecule has 0 aliphatic rings. The second-order valence-electron chi connectivity index (χ2n) is 4.35. The second kappa shape index (κ2) is 5.62. The SMILES string of the molecule is CCCc1c(I)cnn1S(=O)(=O)c1ccc(C)cc1. The molecule has 102 valence electrons. The summed E-state index contributed by atoms with van der Waals surface area (Å²) in [5, 5.41) is 4.03. The van der Waals surface area contributed by atoms with Crippen molar-refractivity contribution < 1.29 is 8.42 Å². The standard InChI is InChI=1S/C13H15IN2O2S/c1-3-4-13-12(14)9-15-16(13)19(17,18)11-7-5-10(2)6-8-11/h5-9H,3-4H2,1-2H3. The molecule has 0 spiro atoms. The van der Waals surface area contributed by atoms with Gasteiger partial charge >= 0.3 is 0 Å². The van der Waals surface area contributed by atoms with Gasteiger partial charge in [0.2, 0.25) is 0 Å². The molecule has 0 saturated heterocycles. The highest BCUT2D eigenvalue weighted by molar-refractivity contribution is 14.1. The maximum absolute atomic E-state index is 12.6. The molecule has 1 aromatic heterocycles. The maximum atomic E-state index is 12.6. The van der Waals surface area contributed by atoms with Crippen LogP contribution >= 0.6 is 22.6 Å². The Balaban J connectivity index is 2.53. The Kier molecular flexibility index (Phi) is 4.29. The zero-order valence-corrected chi connectivity index (χ0v) is 13.8. The van der Waals surface area contributed by atoms with E-state index in [9.17, 15) is 8.42 Å². The molecule has 0 radical (unpaired) electrons. The first-order chi connectivity index (χ1) is 8.96. The lowest BCUT2D eigenvalue weighted by Crippen LogP contribution is -2.17. The van der Waals surface area contributed by atoms with Gasteiger partial charge in [0.05, 0.1) is 20.4 Å². The van der Waals surface area contributed by atoms with Gasteiger partial charge in [0.15, 0.2) is 0 Å². The highest BCUT2D eigenvalue weighted by Crippen LogP contribution is 2.20. The molecule has 2 aromatic rings. The van der Waals surface area contributed by atoms with Crippen molar-refractivity contribution in [3.8, 4) is 0 Å². The van der Waals surface area contributed by atoms with Crippen LogP contribution in [0.25, 0.3) is 0 Å². The quantitative estimate of drug-likeness (QED) is 0.755. The van der Waals surface area contributed by atoms with Crippen molar-refractivity contribution in [2.45, 2.75) is 31.6 Å². The Morgan fingerprint density at radius 3 is 2.47 bits per heavy atom. The number of rotatable bonds is 4. The fourth-order valence-corrected chi connectivity index (χ4v) is 3.92. The van der Waals surface area contributed by atoms with Crippen LogP contribution in [0.1, 0.15) is 24.6 Å². The number of nitrogens with zero attached hydrogens (tertiary/aromatic N) is 2. The lowest BCUT2D eigenvalue weighted by atomic mass is 10.2. The summed E-state index contributed by atoms with van der Waals surface area (Å²) in [6.45, 7) is 3.95. The molecule has 0 amide bonds. The van der Waals surface area contributed by atoms with Gasteiger partial charge in [-0.1, -0.05) is 31.0 Å². The zero-order valence-electron chi connectivity index (χ0n) is 10.8. The van der Waals surface area contributed by atoms with Crippen molar-refractivity contribution >= 4 is 32.6 Å². The third-order valence-electron chi connectivity index (χ3n) is 2.82. The monoisotopic (exact) mass is 390 g/mol. The van der Waals surface area contributed by atoms with E-state index in [-0.39, 0.29) is 4.90 Å². The molecular weight excluding hydrogens is 375 g/mol. The van der Waals surface area contributed by atoms with E-state index in [0.717, 1.165) is 25.3 Å². The van der Waals surface area contributed by atoms with Crippen LogP contribution in [-0.4, -0.2) is 17.6 Å². The van der Waals surface area contributed by atoms with Crippen LogP contribution in [0.5, 0.6) is 0 Å². The van der Waals surface area contributed by atoms with Crippen LogP contribution in [0.2, 0.25) is 0 Å². The van der Waals surface area contributed by atoms with Gasteiger partial charge in [-0.05, 0) is 48.1 Å². The highest BCUT2D eigenvalue weighted by atomic mass is 127. The van der Waals surface area contributed by atoms with Crippen LogP contribution < -0.4 is 0 Å². The van der Waals surface area contributed by atoms with E-state index in [1.54, 1.807) is 30.5 Å². The Bertz CT molecular complexity index is 675. The predicted molar refractivity (Wildman–Crippen MR) is 82.7 cm³/mol. The topological polar surface area (TPSA) is 52.0 Å². The molecule has 0 aliphatic heterocycles. The van der Waals surface area contributed by atoms with Crippen molar-refractivity contribution in [1.29, 1.82) is 0 Å². The molecular formula is C13H15IN2O2S. The van der Waals surface area contributed by atoms with Crippen molar-refractivity contribution in [2.24, 2.45) is 0 Å². The summed E-state index contributed by atoms with van der Waals surface area (Å²) in [7, 11) is -3.59. The first kappa shape index (κ1) is 14.5. The first-order valence-electron chi connectivity index (χ1n) is 6.01. The third-order valence-corrected chi connectivity index (χ3v) is 5.35.